The second-order valence-corrected chi connectivity index (χ2v) is 5.72. The van der Waals surface area contributed by atoms with E-state index >= 15 is 0 Å². The van der Waals surface area contributed by atoms with Crippen molar-refractivity contribution in [3.05, 3.63) is 0 Å². The molecule has 4 rings (SSSR count). The Morgan fingerprint density at radius 1 is 1.15 bits per heavy atom. The summed E-state index contributed by atoms with van der Waals surface area (Å²) in [6, 6.07) is 0. The zero-order chi connectivity index (χ0) is 8.89. The Morgan fingerprint density at radius 2 is 1.92 bits per heavy atom. The summed E-state index contributed by atoms with van der Waals surface area (Å²) in [6.07, 6.45) is 12.4. The molecule has 0 radical (unpaired) electrons. The summed E-state index contributed by atoms with van der Waals surface area (Å²) in [5, 5.41) is 0. The van der Waals surface area contributed by atoms with Gasteiger partial charge in [0.25, 0.3) is 0 Å². The van der Waals surface area contributed by atoms with E-state index in [2.05, 4.69) is 6.92 Å². The molecule has 0 saturated heterocycles. The summed E-state index contributed by atoms with van der Waals surface area (Å²) in [4.78, 5) is 0. The Labute approximate surface area is 82.1 Å². The van der Waals surface area contributed by atoms with Gasteiger partial charge in [-0.05, 0) is 55.3 Å². The van der Waals surface area contributed by atoms with Gasteiger partial charge in [0, 0.05) is 0 Å². The molecule has 0 aromatic carbocycles. The fraction of sp³-hybridized carbons (Fsp3) is 1.00. The highest BCUT2D eigenvalue weighted by molar-refractivity contribution is 5.19. The SMILES string of the molecule is CCCCCC1CC12C1CCC2C1. The number of hydrogen-bond acceptors (Lipinski definition) is 0. The molecule has 4 fully saturated rings. The minimum absolute atomic E-state index is 0.966. The third kappa shape index (κ3) is 0.980. The van der Waals surface area contributed by atoms with Crippen molar-refractivity contribution in [2.45, 2.75) is 58.3 Å². The fourth-order valence-electron chi connectivity index (χ4n) is 4.51. The molecule has 0 heterocycles. The molecular formula is C13H22. The molecule has 4 aliphatic rings. The first kappa shape index (κ1) is 8.32. The molecule has 4 aliphatic carbocycles. The van der Waals surface area contributed by atoms with Crippen LogP contribution in [0, 0.1) is 23.2 Å². The van der Waals surface area contributed by atoms with Crippen molar-refractivity contribution in [2.24, 2.45) is 23.2 Å². The predicted molar refractivity (Wildman–Crippen MR) is 55.5 cm³/mol. The molecule has 0 aliphatic heterocycles. The molecule has 2 bridgehead atoms. The van der Waals surface area contributed by atoms with Gasteiger partial charge >= 0.3 is 0 Å². The van der Waals surface area contributed by atoms with Crippen LogP contribution in [0.15, 0.2) is 0 Å². The Morgan fingerprint density at radius 3 is 2.54 bits per heavy atom. The molecule has 74 valence electrons. The molecule has 0 N–H and O–H groups in total. The maximum atomic E-state index is 2.32. The lowest BCUT2D eigenvalue weighted by Gasteiger charge is -2.38. The highest BCUT2D eigenvalue weighted by atomic mass is 14.7. The lowest BCUT2D eigenvalue weighted by molar-refractivity contribution is 0.105. The monoisotopic (exact) mass is 178 g/mol. The average molecular weight is 178 g/mol. The van der Waals surface area contributed by atoms with Crippen LogP contribution in [-0.2, 0) is 0 Å². The van der Waals surface area contributed by atoms with E-state index < -0.39 is 0 Å². The van der Waals surface area contributed by atoms with Crippen molar-refractivity contribution in [3.8, 4) is 0 Å². The van der Waals surface area contributed by atoms with E-state index in [9.17, 15) is 0 Å². The van der Waals surface area contributed by atoms with Crippen molar-refractivity contribution in [2.75, 3.05) is 0 Å². The van der Waals surface area contributed by atoms with E-state index in [-0.39, 0.29) is 0 Å². The molecule has 13 heavy (non-hydrogen) atoms. The zero-order valence-corrected chi connectivity index (χ0v) is 8.89. The molecular weight excluding hydrogens is 156 g/mol. The van der Waals surface area contributed by atoms with Crippen molar-refractivity contribution in [1.82, 2.24) is 0 Å². The topological polar surface area (TPSA) is 0 Å². The Bertz CT molecular complexity index is 192. The van der Waals surface area contributed by atoms with Crippen LogP contribution in [0.5, 0.6) is 0 Å². The van der Waals surface area contributed by atoms with Crippen molar-refractivity contribution >= 4 is 0 Å². The van der Waals surface area contributed by atoms with Crippen LogP contribution >= 0.6 is 0 Å². The van der Waals surface area contributed by atoms with Gasteiger partial charge < -0.3 is 0 Å². The third-order valence-corrected chi connectivity index (χ3v) is 5.31. The van der Waals surface area contributed by atoms with Crippen LogP contribution < -0.4 is 0 Å². The lowest BCUT2D eigenvalue weighted by atomic mass is 9.67. The van der Waals surface area contributed by atoms with E-state index in [1.807, 2.05) is 0 Å². The van der Waals surface area contributed by atoms with Gasteiger partial charge in [0.05, 0.1) is 0 Å². The fourth-order valence-corrected chi connectivity index (χ4v) is 4.51. The first-order valence-electron chi connectivity index (χ1n) is 6.38. The van der Waals surface area contributed by atoms with Gasteiger partial charge in [0.15, 0.2) is 0 Å². The Balaban J connectivity index is 1.50. The quantitative estimate of drug-likeness (QED) is 0.571. The molecule has 0 heteroatoms. The predicted octanol–water partition coefficient (Wildman–Crippen LogP) is 4.00. The normalized spacial score (nSPS) is 51.0. The minimum atomic E-state index is 0.966. The molecule has 3 atom stereocenters. The molecule has 0 amide bonds. The van der Waals surface area contributed by atoms with Gasteiger partial charge in [0.1, 0.15) is 0 Å². The van der Waals surface area contributed by atoms with Crippen LogP contribution in [-0.4, -0.2) is 0 Å². The van der Waals surface area contributed by atoms with E-state index in [4.69, 9.17) is 0 Å². The highest BCUT2D eigenvalue weighted by Gasteiger charge is 2.70. The van der Waals surface area contributed by atoms with Gasteiger partial charge in [-0.3, -0.25) is 0 Å². The first-order chi connectivity index (χ1) is 6.38. The number of hydrogen-bond donors (Lipinski definition) is 0. The van der Waals surface area contributed by atoms with Crippen LogP contribution in [0.25, 0.3) is 0 Å². The Kier molecular flexibility index (Phi) is 1.76. The molecule has 1 spiro atoms. The highest BCUT2D eigenvalue weighted by Crippen LogP contribution is 2.78. The van der Waals surface area contributed by atoms with Gasteiger partial charge in [-0.1, -0.05) is 26.2 Å². The number of fused-ring (bicyclic) bond motifs is 1. The third-order valence-electron chi connectivity index (χ3n) is 5.31. The average Bonchev–Trinajstić information content (AvgIpc) is 2.58. The maximum absolute atomic E-state index is 2.32. The van der Waals surface area contributed by atoms with E-state index in [1.165, 1.54) is 37.0 Å². The number of rotatable bonds is 4. The second-order valence-electron chi connectivity index (χ2n) is 5.72. The largest absolute Gasteiger partial charge is 0.0654 e. The number of unbranched alkanes of at least 4 members (excludes halogenated alkanes) is 2. The van der Waals surface area contributed by atoms with Crippen LogP contribution in [0.3, 0.4) is 0 Å². The first-order valence-corrected chi connectivity index (χ1v) is 6.38. The van der Waals surface area contributed by atoms with Crippen molar-refractivity contribution in [1.29, 1.82) is 0 Å². The van der Waals surface area contributed by atoms with E-state index in [0.29, 0.717) is 0 Å². The smallest absolute Gasteiger partial charge is 0.0209 e. The molecule has 3 unspecified atom stereocenters. The second kappa shape index (κ2) is 2.74. The summed E-state index contributed by atoms with van der Waals surface area (Å²) in [5.41, 5.74) is 0.966. The molecule has 0 nitrogen and oxygen atoms in total. The van der Waals surface area contributed by atoms with Gasteiger partial charge in [-0.25, -0.2) is 0 Å². The molecule has 0 aromatic heterocycles. The van der Waals surface area contributed by atoms with Crippen molar-refractivity contribution in [3.63, 3.8) is 0 Å². The van der Waals surface area contributed by atoms with E-state index in [0.717, 1.165) is 5.41 Å². The van der Waals surface area contributed by atoms with Crippen LogP contribution in [0.2, 0.25) is 0 Å². The maximum Gasteiger partial charge on any atom is -0.0209 e. The van der Waals surface area contributed by atoms with Gasteiger partial charge in [0.2, 0.25) is 0 Å². The summed E-state index contributed by atoms with van der Waals surface area (Å²) >= 11 is 0. The summed E-state index contributed by atoms with van der Waals surface area (Å²) in [6.45, 7) is 2.32. The van der Waals surface area contributed by atoms with Gasteiger partial charge in [-0.2, -0.15) is 0 Å². The Hall–Kier alpha value is 0. The zero-order valence-electron chi connectivity index (χ0n) is 8.89. The van der Waals surface area contributed by atoms with E-state index in [1.54, 1.807) is 32.1 Å². The standard InChI is InChI=1S/C13H22/c1-2-3-4-5-12-9-13(12)10-6-7-11(13)8-10/h10-12H,2-9H2,1H3. The van der Waals surface area contributed by atoms with Crippen LogP contribution in [0.4, 0.5) is 0 Å². The summed E-state index contributed by atoms with van der Waals surface area (Å²) < 4.78 is 0. The summed E-state index contributed by atoms with van der Waals surface area (Å²) in [7, 11) is 0. The van der Waals surface area contributed by atoms with Crippen molar-refractivity contribution < 1.29 is 0 Å². The van der Waals surface area contributed by atoms with Crippen LogP contribution in [0.1, 0.15) is 58.3 Å². The minimum Gasteiger partial charge on any atom is -0.0654 e. The lowest BCUT2D eigenvalue weighted by Crippen LogP contribution is -2.31. The molecule has 4 saturated carbocycles. The van der Waals surface area contributed by atoms with Gasteiger partial charge in [-0.15, -0.1) is 0 Å². The summed E-state index contributed by atoms with van der Waals surface area (Å²) in [5.74, 6) is 3.58. The molecule has 0 aromatic rings.